The highest BCUT2D eigenvalue weighted by Crippen LogP contribution is 2.29. The summed E-state index contributed by atoms with van der Waals surface area (Å²) in [6, 6.07) is 7.37. The predicted molar refractivity (Wildman–Crippen MR) is 108 cm³/mol. The number of rotatable bonds is 6. The summed E-state index contributed by atoms with van der Waals surface area (Å²) < 4.78 is 5.15. The van der Waals surface area contributed by atoms with E-state index in [1.54, 1.807) is 12.0 Å². The molecule has 1 aromatic carbocycles. The highest BCUT2D eigenvalue weighted by molar-refractivity contribution is 6.00. The van der Waals surface area contributed by atoms with Crippen molar-refractivity contribution in [3.63, 3.8) is 0 Å². The lowest BCUT2D eigenvalue weighted by Crippen LogP contribution is -2.48. The van der Waals surface area contributed by atoms with Gasteiger partial charge in [-0.25, -0.2) is 0 Å². The lowest BCUT2D eigenvalue weighted by molar-refractivity contribution is -0.127. The minimum atomic E-state index is -0.317. The summed E-state index contributed by atoms with van der Waals surface area (Å²) in [5, 5.41) is 3.13. The van der Waals surface area contributed by atoms with Gasteiger partial charge in [0.2, 0.25) is 11.8 Å². The zero-order chi connectivity index (χ0) is 18.5. The molecule has 0 aromatic heterocycles. The number of halogens is 1. The average molecular weight is 396 g/mol. The number of nitrogens with one attached hydrogen (secondary N) is 1. The minimum Gasteiger partial charge on any atom is -0.497 e. The normalized spacial score (nSPS) is 21.5. The van der Waals surface area contributed by atoms with Crippen LogP contribution >= 0.6 is 12.4 Å². The molecule has 1 aromatic rings. The Labute approximate surface area is 167 Å². The van der Waals surface area contributed by atoms with Crippen LogP contribution in [0.3, 0.4) is 0 Å². The van der Waals surface area contributed by atoms with Gasteiger partial charge in [0.1, 0.15) is 5.75 Å². The number of benzene rings is 1. The highest BCUT2D eigenvalue weighted by Gasteiger charge is 2.36. The van der Waals surface area contributed by atoms with Crippen LogP contribution in [-0.2, 0) is 9.59 Å². The summed E-state index contributed by atoms with van der Waals surface area (Å²) in [5.74, 6) is 0.829. The minimum absolute atomic E-state index is 0. The van der Waals surface area contributed by atoms with E-state index in [1.807, 2.05) is 24.3 Å². The smallest absolute Gasteiger partial charge is 0.227 e. The number of amides is 2. The third-order valence-corrected chi connectivity index (χ3v) is 5.68. The summed E-state index contributed by atoms with van der Waals surface area (Å²) in [6.07, 6.45) is 6.21. The molecule has 3 N–H and O–H groups in total. The third kappa shape index (κ3) is 5.14. The van der Waals surface area contributed by atoms with E-state index < -0.39 is 0 Å². The van der Waals surface area contributed by atoms with E-state index in [0.717, 1.165) is 24.3 Å². The first-order valence-corrected chi connectivity index (χ1v) is 9.57. The molecular weight excluding hydrogens is 366 g/mol. The molecule has 150 valence electrons. The van der Waals surface area contributed by atoms with Gasteiger partial charge in [-0.15, -0.1) is 12.4 Å². The second kappa shape index (κ2) is 9.95. The van der Waals surface area contributed by atoms with Crippen LogP contribution in [0.2, 0.25) is 0 Å². The number of methoxy groups -OCH3 is 1. The molecule has 0 spiro atoms. The molecule has 0 radical (unpaired) electrons. The maximum Gasteiger partial charge on any atom is 0.227 e. The molecule has 1 heterocycles. The highest BCUT2D eigenvalue weighted by atomic mass is 35.5. The third-order valence-electron chi connectivity index (χ3n) is 5.68. The second-order valence-corrected chi connectivity index (χ2v) is 7.35. The number of carbonyl (C=O) groups excluding carboxylic acids is 2. The molecule has 7 heteroatoms. The predicted octanol–water partition coefficient (Wildman–Crippen LogP) is 2.49. The maximum absolute atomic E-state index is 12.7. The van der Waals surface area contributed by atoms with Crippen LogP contribution in [-0.4, -0.2) is 38.1 Å². The van der Waals surface area contributed by atoms with Crippen molar-refractivity contribution < 1.29 is 14.3 Å². The van der Waals surface area contributed by atoms with Gasteiger partial charge in [0.05, 0.1) is 13.0 Å². The summed E-state index contributed by atoms with van der Waals surface area (Å²) in [7, 11) is 1.61. The van der Waals surface area contributed by atoms with Crippen molar-refractivity contribution >= 4 is 29.9 Å². The van der Waals surface area contributed by atoms with E-state index in [9.17, 15) is 9.59 Å². The fourth-order valence-corrected chi connectivity index (χ4v) is 4.10. The van der Waals surface area contributed by atoms with E-state index in [2.05, 4.69) is 5.32 Å². The van der Waals surface area contributed by atoms with Gasteiger partial charge >= 0.3 is 0 Å². The van der Waals surface area contributed by atoms with Crippen LogP contribution in [0.15, 0.2) is 24.3 Å². The van der Waals surface area contributed by atoms with Crippen molar-refractivity contribution in [2.45, 2.75) is 44.6 Å². The van der Waals surface area contributed by atoms with E-state index in [1.165, 1.54) is 19.3 Å². The van der Waals surface area contributed by atoms with Crippen molar-refractivity contribution in [2.24, 2.45) is 17.6 Å². The SMILES string of the molecule is COc1ccc(N2CC(C(=O)NC(CN)C3CCCCC3)CC2=O)cc1.Cl. The largest absolute Gasteiger partial charge is 0.497 e. The molecule has 2 aliphatic rings. The summed E-state index contributed by atoms with van der Waals surface area (Å²) >= 11 is 0. The number of hydrogen-bond donors (Lipinski definition) is 2. The number of nitrogens with zero attached hydrogens (tertiary/aromatic N) is 1. The Balaban J connectivity index is 0.00000261. The molecule has 1 saturated heterocycles. The fraction of sp³-hybridized carbons (Fsp3) is 0.600. The molecule has 2 fully saturated rings. The molecule has 27 heavy (non-hydrogen) atoms. The lowest BCUT2D eigenvalue weighted by atomic mass is 9.83. The van der Waals surface area contributed by atoms with Crippen LogP contribution in [0.1, 0.15) is 38.5 Å². The van der Waals surface area contributed by atoms with E-state index in [4.69, 9.17) is 10.5 Å². The Kier molecular flexibility index (Phi) is 7.92. The van der Waals surface area contributed by atoms with Gasteiger partial charge in [0.25, 0.3) is 0 Å². The summed E-state index contributed by atoms with van der Waals surface area (Å²) in [4.78, 5) is 26.8. The van der Waals surface area contributed by atoms with Crippen LogP contribution < -0.4 is 20.7 Å². The van der Waals surface area contributed by atoms with Gasteiger partial charge < -0.3 is 20.7 Å². The van der Waals surface area contributed by atoms with Crippen molar-refractivity contribution in [1.29, 1.82) is 0 Å². The number of nitrogens with two attached hydrogens (primary N) is 1. The molecule has 1 saturated carbocycles. The van der Waals surface area contributed by atoms with E-state index in [-0.39, 0.29) is 42.6 Å². The Morgan fingerprint density at radius 3 is 2.52 bits per heavy atom. The quantitative estimate of drug-likeness (QED) is 0.775. The number of ether oxygens (including phenoxy) is 1. The van der Waals surface area contributed by atoms with Crippen LogP contribution in [0.4, 0.5) is 5.69 Å². The first kappa shape index (κ1) is 21.5. The van der Waals surface area contributed by atoms with Crippen LogP contribution in [0.25, 0.3) is 0 Å². The molecule has 0 bridgehead atoms. The number of hydrogen-bond acceptors (Lipinski definition) is 4. The Morgan fingerprint density at radius 2 is 1.93 bits per heavy atom. The zero-order valence-corrected chi connectivity index (χ0v) is 16.7. The summed E-state index contributed by atoms with van der Waals surface area (Å²) in [5.41, 5.74) is 6.72. The standard InChI is InChI=1S/C20H29N3O3.ClH/c1-26-17-9-7-16(8-10-17)23-13-15(11-19(23)24)20(25)22-18(12-21)14-5-3-2-4-6-14;/h7-10,14-15,18H,2-6,11-13,21H2,1H3,(H,22,25);1H. The maximum atomic E-state index is 12.7. The Bertz CT molecular complexity index is 632. The first-order valence-electron chi connectivity index (χ1n) is 9.57. The molecule has 1 aliphatic carbocycles. The second-order valence-electron chi connectivity index (χ2n) is 7.35. The Morgan fingerprint density at radius 1 is 1.26 bits per heavy atom. The van der Waals surface area contributed by atoms with Crippen molar-refractivity contribution in [3.8, 4) is 5.75 Å². The zero-order valence-electron chi connectivity index (χ0n) is 15.9. The molecule has 3 rings (SSSR count). The molecular formula is C20H30ClN3O3. The molecule has 2 amide bonds. The number of carbonyl (C=O) groups is 2. The average Bonchev–Trinajstić information content (AvgIpc) is 3.08. The van der Waals surface area contributed by atoms with Gasteiger partial charge in [0, 0.05) is 31.2 Å². The fourth-order valence-electron chi connectivity index (χ4n) is 4.10. The number of anilines is 1. The topological polar surface area (TPSA) is 84.7 Å². The molecule has 6 nitrogen and oxygen atoms in total. The van der Waals surface area contributed by atoms with Crippen molar-refractivity contribution in [2.75, 3.05) is 25.1 Å². The Hall–Kier alpha value is -1.79. The first-order chi connectivity index (χ1) is 12.6. The van der Waals surface area contributed by atoms with Crippen molar-refractivity contribution in [3.05, 3.63) is 24.3 Å². The van der Waals surface area contributed by atoms with Crippen LogP contribution in [0, 0.1) is 11.8 Å². The van der Waals surface area contributed by atoms with Gasteiger partial charge in [0.15, 0.2) is 0 Å². The van der Waals surface area contributed by atoms with Crippen LogP contribution in [0.5, 0.6) is 5.75 Å². The molecule has 1 aliphatic heterocycles. The van der Waals surface area contributed by atoms with Gasteiger partial charge in [-0.05, 0) is 43.0 Å². The molecule has 2 atom stereocenters. The lowest BCUT2D eigenvalue weighted by Gasteiger charge is -2.30. The monoisotopic (exact) mass is 395 g/mol. The van der Waals surface area contributed by atoms with E-state index >= 15 is 0 Å². The summed E-state index contributed by atoms with van der Waals surface area (Å²) in [6.45, 7) is 0.873. The van der Waals surface area contributed by atoms with Gasteiger partial charge in [-0.3, -0.25) is 9.59 Å². The van der Waals surface area contributed by atoms with E-state index in [0.29, 0.717) is 19.0 Å². The van der Waals surface area contributed by atoms with Gasteiger partial charge in [-0.2, -0.15) is 0 Å². The van der Waals surface area contributed by atoms with Crippen molar-refractivity contribution in [1.82, 2.24) is 5.32 Å². The molecule has 2 unspecified atom stereocenters. The van der Waals surface area contributed by atoms with Gasteiger partial charge in [-0.1, -0.05) is 19.3 Å².